The van der Waals surface area contributed by atoms with E-state index in [4.69, 9.17) is 9.15 Å². The summed E-state index contributed by atoms with van der Waals surface area (Å²) in [6.45, 7) is 3.61. The zero-order chi connectivity index (χ0) is 19.2. The first-order chi connectivity index (χ1) is 13.1. The predicted molar refractivity (Wildman–Crippen MR) is 104 cm³/mol. The van der Waals surface area contributed by atoms with Crippen molar-refractivity contribution in [2.24, 2.45) is 5.10 Å². The zero-order valence-electron chi connectivity index (χ0n) is 15.2. The maximum absolute atomic E-state index is 12.0. The van der Waals surface area contributed by atoms with Gasteiger partial charge in [0.05, 0.1) is 5.71 Å². The van der Waals surface area contributed by atoms with Gasteiger partial charge in [0.15, 0.2) is 6.61 Å². The van der Waals surface area contributed by atoms with Crippen molar-refractivity contribution in [3.63, 3.8) is 0 Å². The monoisotopic (exact) mass is 364 g/mol. The quantitative estimate of drug-likeness (QED) is 0.413. The molecule has 1 N–H and O–H groups in total. The Bertz CT molecular complexity index is 1040. The molecule has 0 saturated heterocycles. The third-order valence-electron chi connectivity index (χ3n) is 4.05. The molecule has 0 radical (unpaired) electrons. The van der Waals surface area contributed by atoms with Crippen LogP contribution in [0.5, 0.6) is 5.75 Å². The molecule has 1 amide bonds. The first-order valence-electron chi connectivity index (χ1n) is 8.65. The highest BCUT2D eigenvalue weighted by Gasteiger charge is 2.07. The van der Waals surface area contributed by atoms with Crippen LogP contribution in [0, 0.1) is 6.92 Å². The lowest BCUT2D eigenvalue weighted by atomic mass is 10.1. The zero-order valence-corrected chi connectivity index (χ0v) is 15.2. The van der Waals surface area contributed by atoms with Crippen LogP contribution in [0.15, 0.2) is 68.9 Å². The number of hydrogen-bond donors (Lipinski definition) is 1. The molecule has 3 rings (SSSR count). The van der Waals surface area contributed by atoms with Gasteiger partial charge in [0, 0.05) is 17.5 Å². The molecule has 0 aliphatic carbocycles. The number of hydrazone groups is 1. The van der Waals surface area contributed by atoms with Gasteiger partial charge in [-0.2, -0.15) is 5.10 Å². The topological polar surface area (TPSA) is 80.9 Å². The van der Waals surface area contributed by atoms with Gasteiger partial charge in [-0.3, -0.25) is 4.79 Å². The summed E-state index contributed by atoms with van der Waals surface area (Å²) in [4.78, 5) is 23.5. The molecule has 0 aliphatic heterocycles. The normalized spacial score (nSPS) is 11.4. The summed E-state index contributed by atoms with van der Waals surface area (Å²) in [7, 11) is 0. The van der Waals surface area contributed by atoms with Gasteiger partial charge in [0.25, 0.3) is 5.91 Å². The molecule has 0 unspecified atom stereocenters. The van der Waals surface area contributed by atoms with Crippen molar-refractivity contribution in [1.29, 1.82) is 0 Å². The molecule has 6 nitrogen and oxygen atoms in total. The second-order valence-electron chi connectivity index (χ2n) is 6.01. The second kappa shape index (κ2) is 8.31. The minimum absolute atomic E-state index is 0.198. The van der Waals surface area contributed by atoms with Crippen molar-refractivity contribution in [3.05, 3.63) is 76.1 Å². The molecule has 0 fully saturated rings. The van der Waals surface area contributed by atoms with Crippen LogP contribution >= 0.6 is 0 Å². The SMILES string of the molecule is CC/C(=N/NC(=O)COc1ccc2c(C)cc(=O)oc2c1)c1ccccc1. The van der Waals surface area contributed by atoms with E-state index < -0.39 is 5.63 Å². The van der Waals surface area contributed by atoms with E-state index in [1.54, 1.807) is 18.2 Å². The van der Waals surface area contributed by atoms with Crippen LogP contribution in [0.3, 0.4) is 0 Å². The minimum atomic E-state index is -0.419. The summed E-state index contributed by atoms with van der Waals surface area (Å²) in [5.41, 5.74) is 5.08. The number of hydrogen-bond acceptors (Lipinski definition) is 5. The number of nitrogens with one attached hydrogen (secondary N) is 1. The Morgan fingerprint density at radius 1 is 1.15 bits per heavy atom. The van der Waals surface area contributed by atoms with E-state index in [-0.39, 0.29) is 12.5 Å². The predicted octanol–water partition coefficient (Wildman–Crippen LogP) is 3.41. The minimum Gasteiger partial charge on any atom is -0.484 e. The Kier molecular flexibility index (Phi) is 5.66. The Labute approximate surface area is 156 Å². The van der Waals surface area contributed by atoms with E-state index in [9.17, 15) is 9.59 Å². The van der Waals surface area contributed by atoms with E-state index in [0.29, 0.717) is 17.8 Å². The molecule has 1 aromatic heterocycles. The van der Waals surface area contributed by atoms with Crippen molar-refractivity contribution >= 4 is 22.6 Å². The van der Waals surface area contributed by atoms with Gasteiger partial charge in [0.2, 0.25) is 0 Å². The van der Waals surface area contributed by atoms with E-state index in [1.807, 2.05) is 44.2 Å². The molecule has 1 heterocycles. The van der Waals surface area contributed by atoms with Crippen LogP contribution in [-0.2, 0) is 4.79 Å². The molecule has 27 heavy (non-hydrogen) atoms. The molecule has 0 saturated carbocycles. The second-order valence-corrected chi connectivity index (χ2v) is 6.01. The number of ether oxygens (including phenoxy) is 1. The van der Waals surface area contributed by atoms with Crippen molar-refractivity contribution in [3.8, 4) is 5.75 Å². The standard InChI is InChI=1S/C21H20N2O4/c1-3-18(15-7-5-4-6-8-15)22-23-20(24)13-26-16-9-10-17-14(2)11-21(25)27-19(17)12-16/h4-12H,3,13H2,1-2H3,(H,23,24)/b22-18-. The van der Waals surface area contributed by atoms with Crippen LogP contribution in [-0.4, -0.2) is 18.2 Å². The molecule has 2 aromatic carbocycles. The van der Waals surface area contributed by atoms with E-state index in [0.717, 1.165) is 22.2 Å². The maximum Gasteiger partial charge on any atom is 0.336 e. The lowest BCUT2D eigenvalue weighted by molar-refractivity contribution is -0.123. The van der Waals surface area contributed by atoms with Crippen LogP contribution in [0.1, 0.15) is 24.5 Å². The number of nitrogens with zero attached hydrogens (tertiary/aromatic N) is 1. The summed E-state index contributed by atoms with van der Waals surface area (Å²) in [5.74, 6) is 0.0665. The molecule has 0 bridgehead atoms. The largest absolute Gasteiger partial charge is 0.484 e. The molecule has 138 valence electrons. The first-order valence-corrected chi connectivity index (χ1v) is 8.65. The fraction of sp³-hybridized carbons (Fsp3) is 0.190. The van der Waals surface area contributed by atoms with Gasteiger partial charge in [-0.25, -0.2) is 10.2 Å². The number of rotatable bonds is 6. The fourth-order valence-electron chi connectivity index (χ4n) is 2.68. The Morgan fingerprint density at radius 2 is 1.93 bits per heavy atom. The molecule has 0 aliphatic rings. The molecule has 6 heteroatoms. The lowest BCUT2D eigenvalue weighted by Crippen LogP contribution is -2.26. The smallest absolute Gasteiger partial charge is 0.336 e. The van der Waals surface area contributed by atoms with E-state index >= 15 is 0 Å². The molecule has 0 spiro atoms. The summed E-state index contributed by atoms with van der Waals surface area (Å²) >= 11 is 0. The van der Waals surface area contributed by atoms with Gasteiger partial charge in [-0.15, -0.1) is 0 Å². The van der Waals surface area contributed by atoms with Gasteiger partial charge in [-0.1, -0.05) is 37.3 Å². The summed E-state index contributed by atoms with van der Waals surface area (Å²) in [6.07, 6.45) is 0.689. The van der Waals surface area contributed by atoms with Gasteiger partial charge < -0.3 is 9.15 Å². The third-order valence-corrected chi connectivity index (χ3v) is 4.05. The summed E-state index contributed by atoms with van der Waals surface area (Å²) < 4.78 is 10.7. The van der Waals surface area contributed by atoms with E-state index in [2.05, 4.69) is 10.5 Å². The van der Waals surface area contributed by atoms with Gasteiger partial charge in [-0.05, 0) is 36.6 Å². The molecule has 0 atom stereocenters. The molecule has 3 aromatic rings. The number of carbonyl (C=O) groups excluding carboxylic acids is 1. The number of carbonyl (C=O) groups is 1. The number of fused-ring (bicyclic) bond motifs is 1. The third kappa shape index (κ3) is 4.61. The van der Waals surface area contributed by atoms with Crippen molar-refractivity contribution in [2.75, 3.05) is 6.61 Å². The Balaban J connectivity index is 1.64. The van der Waals surface area contributed by atoms with Crippen LogP contribution in [0.2, 0.25) is 0 Å². The number of aryl methyl sites for hydroxylation is 1. The van der Waals surface area contributed by atoms with Crippen LogP contribution < -0.4 is 15.8 Å². The van der Waals surface area contributed by atoms with Crippen LogP contribution in [0.4, 0.5) is 0 Å². The number of benzene rings is 2. The average molecular weight is 364 g/mol. The van der Waals surface area contributed by atoms with E-state index in [1.165, 1.54) is 6.07 Å². The highest BCUT2D eigenvalue weighted by atomic mass is 16.5. The summed E-state index contributed by atoms with van der Waals surface area (Å²) in [6, 6.07) is 16.2. The Morgan fingerprint density at radius 3 is 2.67 bits per heavy atom. The van der Waals surface area contributed by atoms with Crippen molar-refractivity contribution in [2.45, 2.75) is 20.3 Å². The highest BCUT2D eigenvalue weighted by molar-refractivity contribution is 6.00. The highest BCUT2D eigenvalue weighted by Crippen LogP contribution is 2.22. The van der Waals surface area contributed by atoms with Gasteiger partial charge >= 0.3 is 5.63 Å². The first kappa shape index (κ1) is 18.4. The molecular weight excluding hydrogens is 344 g/mol. The Hall–Kier alpha value is -3.41. The number of amides is 1. The average Bonchev–Trinajstić information content (AvgIpc) is 2.67. The van der Waals surface area contributed by atoms with Crippen molar-refractivity contribution in [1.82, 2.24) is 5.43 Å². The molecular formula is C21H20N2O4. The van der Waals surface area contributed by atoms with Crippen molar-refractivity contribution < 1.29 is 13.9 Å². The van der Waals surface area contributed by atoms with Gasteiger partial charge in [0.1, 0.15) is 11.3 Å². The maximum atomic E-state index is 12.0. The van der Waals surface area contributed by atoms with Crippen LogP contribution in [0.25, 0.3) is 11.0 Å². The lowest BCUT2D eigenvalue weighted by Gasteiger charge is -2.08. The summed E-state index contributed by atoms with van der Waals surface area (Å²) in [5, 5.41) is 5.00. The fourth-order valence-corrected chi connectivity index (χ4v) is 2.68.